The molecule has 4 rings (SSSR count). The smallest absolute Gasteiger partial charge is 0.277 e. The van der Waals surface area contributed by atoms with E-state index in [-0.39, 0.29) is 11.2 Å². The fraction of sp³-hybridized carbons (Fsp3) is 0.429. The molecule has 0 radical (unpaired) electrons. The normalized spacial score (nSPS) is 16.5. The second-order valence-corrected chi connectivity index (χ2v) is 7.85. The molecule has 3 aromatic rings. The number of morpholine rings is 1. The van der Waals surface area contributed by atoms with Crippen molar-refractivity contribution >= 4 is 11.5 Å². The van der Waals surface area contributed by atoms with Crippen molar-refractivity contribution in [3.05, 3.63) is 58.3 Å². The highest BCUT2D eigenvalue weighted by Gasteiger charge is 2.29. The quantitative estimate of drug-likeness (QED) is 0.694. The monoisotopic (exact) mass is 382 g/mol. The molecule has 148 valence electrons. The minimum atomic E-state index is -0.234. The van der Waals surface area contributed by atoms with Gasteiger partial charge in [-0.1, -0.05) is 12.1 Å². The van der Waals surface area contributed by atoms with Crippen LogP contribution in [0.2, 0.25) is 0 Å². The van der Waals surface area contributed by atoms with Gasteiger partial charge in [0.1, 0.15) is 11.3 Å². The minimum absolute atomic E-state index is 0.0397. The third-order valence-electron chi connectivity index (χ3n) is 5.19. The van der Waals surface area contributed by atoms with Crippen LogP contribution in [0.4, 0.5) is 5.95 Å². The average Bonchev–Trinajstić information content (AvgIpc) is 3.08. The number of imidazole rings is 1. The number of rotatable bonds is 4. The van der Waals surface area contributed by atoms with Crippen LogP contribution >= 0.6 is 0 Å². The number of ether oxygens (including phenoxy) is 2. The molecule has 0 saturated carbocycles. The van der Waals surface area contributed by atoms with Crippen molar-refractivity contribution in [1.82, 2.24) is 14.0 Å². The van der Waals surface area contributed by atoms with Gasteiger partial charge in [0, 0.05) is 25.0 Å². The first kappa shape index (κ1) is 18.6. The molecule has 1 aromatic carbocycles. The maximum absolute atomic E-state index is 13.1. The third-order valence-corrected chi connectivity index (χ3v) is 5.19. The molecule has 0 spiro atoms. The molecule has 0 unspecified atom stereocenters. The van der Waals surface area contributed by atoms with Crippen molar-refractivity contribution in [2.45, 2.75) is 32.9 Å². The number of fused-ring (bicyclic) bond motifs is 1. The number of aromatic nitrogens is 3. The number of benzene rings is 1. The van der Waals surface area contributed by atoms with E-state index in [0.717, 1.165) is 36.0 Å². The second kappa shape index (κ2) is 6.98. The van der Waals surface area contributed by atoms with Crippen molar-refractivity contribution in [2.75, 3.05) is 31.7 Å². The Morgan fingerprint density at radius 2 is 2.00 bits per heavy atom. The molecular weight excluding hydrogens is 356 g/mol. The Morgan fingerprint density at radius 1 is 1.25 bits per heavy atom. The minimum Gasteiger partial charge on any atom is -0.497 e. The summed E-state index contributed by atoms with van der Waals surface area (Å²) in [5.41, 5.74) is 2.24. The zero-order chi connectivity index (χ0) is 19.9. The first-order valence-corrected chi connectivity index (χ1v) is 9.47. The van der Waals surface area contributed by atoms with Crippen LogP contribution in [0.25, 0.3) is 5.52 Å². The maximum Gasteiger partial charge on any atom is 0.277 e. The second-order valence-electron chi connectivity index (χ2n) is 7.85. The van der Waals surface area contributed by atoms with Crippen LogP contribution in [0.15, 0.2) is 41.5 Å². The van der Waals surface area contributed by atoms with Crippen molar-refractivity contribution < 1.29 is 9.47 Å². The van der Waals surface area contributed by atoms with E-state index in [0.29, 0.717) is 18.7 Å². The van der Waals surface area contributed by atoms with E-state index in [1.807, 2.05) is 41.8 Å². The Labute approximate surface area is 164 Å². The Bertz CT molecular complexity index is 1050. The third kappa shape index (κ3) is 3.38. The van der Waals surface area contributed by atoms with Gasteiger partial charge in [0.25, 0.3) is 5.56 Å². The van der Waals surface area contributed by atoms with Gasteiger partial charge in [0.2, 0.25) is 5.95 Å². The van der Waals surface area contributed by atoms with Crippen LogP contribution in [0.5, 0.6) is 5.75 Å². The molecule has 0 amide bonds. The van der Waals surface area contributed by atoms with E-state index in [1.54, 1.807) is 17.9 Å². The lowest BCUT2D eigenvalue weighted by Gasteiger charge is -2.38. The van der Waals surface area contributed by atoms with Gasteiger partial charge in [-0.3, -0.25) is 9.20 Å². The summed E-state index contributed by atoms with van der Waals surface area (Å²) in [5.74, 6) is 1.60. The number of hydrogen-bond acceptors (Lipinski definition) is 5. The van der Waals surface area contributed by atoms with Gasteiger partial charge >= 0.3 is 0 Å². The van der Waals surface area contributed by atoms with Crippen LogP contribution in [-0.2, 0) is 11.3 Å². The van der Waals surface area contributed by atoms with E-state index in [9.17, 15) is 4.79 Å². The largest absolute Gasteiger partial charge is 0.497 e. The number of methoxy groups -OCH3 is 1. The van der Waals surface area contributed by atoms with Crippen molar-refractivity contribution in [3.8, 4) is 5.75 Å². The highest BCUT2D eigenvalue weighted by Crippen LogP contribution is 2.23. The summed E-state index contributed by atoms with van der Waals surface area (Å²) < 4.78 is 14.7. The summed E-state index contributed by atoms with van der Waals surface area (Å²) in [6.45, 7) is 8.75. The summed E-state index contributed by atoms with van der Waals surface area (Å²) in [4.78, 5) is 19.9. The molecule has 0 N–H and O–H groups in total. The van der Waals surface area contributed by atoms with E-state index in [4.69, 9.17) is 9.47 Å². The van der Waals surface area contributed by atoms with E-state index < -0.39 is 0 Å². The Balaban J connectivity index is 1.70. The Kier molecular flexibility index (Phi) is 4.63. The van der Waals surface area contributed by atoms with Gasteiger partial charge in [0.15, 0.2) is 0 Å². The highest BCUT2D eigenvalue weighted by atomic mass is 16.5. The van der Waals surface area contributed by atoms with E-state index >= 15 is 0 Å². The van der Waals surface area contributed by atoms with Gasteiger partial charge in [-0.2, -0.15) is 0 Å². The average molecular weight is 382 g/mol. The molecule has 2 aromatic heterocycles. The van der Waals surface area contributed by atoms with E-state index in [1.165, 1.54) is 0 Å². The molecule has 7 heteroatoms. The summed E-state index contributed by atoms with van der Waals surface area (Å²) >= 11 is 0. The number of aryl methyl sites for hydroxylation is 1. The number of hydrogen-bond donors (Lipinski definition) is 0. The van der Waals surface area contributed by atoms with Gasteiger partial charge in [-0.15, -0.1) is 0 Å². The Hall–Kier alpha value is -2.80. The highest BCUT2D eigenvalue weighted by molar-refractivity contribution is 5.52. The number of anilines is 1. The molecular formula is C21H26N4O3. The summed E-state index contributed by atoms with van der Waals surface area (Å²) in [6, 6.07) is 7.77. The standard InChI is InChI=1S/C21H26N4O3/c1-15-12-25-18(11-22-20(25)23-9-10-28-21(2,3)14-23)19(26)24(15)13-16-5-7-17(27-4)8-6-16/h5-8,11-12H,9-10,13-14H2,1-4H3. The Morgan fingerprint density at radius 3 is 2.68 bits per heavy atom. The molecule has 1 saturated heterocycles. The molecule has 0 atom stereocenters. The van der Waals surface area contributed by atoms with Crippen molar-refractivity contribution in [2.24, 2.45) is 0 Å². The van der Waals surface area contributed by atoms with Crippen LogP contribution < -0.4 is 15.2 Å². The SMILES string of the molecule is COc1ccc(Cn2c(C)cn3c(N4CCOC(C)(C)C4)ncc3c2=O)cc1. The summed E-state index contributed by atoms with van der Waals surface area (Å²) in [6.07, 6.45) is 3.66. The van der Waals surface area contributed by atoms with E-state index in [2.05, 4.69) is 23.7 Å². The lowest BCUT2D eigenvalue weighted by molar-refractivity contribution is -0.0281. The first-order valence-electron chi connectivity index (χ1n) is 9.47. The fourth-order valence-corrected chi connectivity index (χ4v) is 3.72. The fourth-order valence-electron chi connectivity index (χ4n) is 3.72. The predicted octanol–water partition coefficient (Wildman–Crippen LogP) is 2.48. The van der Waals surface area contributed by atoms with Crippen molar-refractivity contribution in [3.63, 3.8) is 0 Å². The first-order chi connectivity index (χ1) is 13.4. The maximum atomic E-state index is 13.1. The number of nitrogens with zero attached hydrogens (tertiary/aromatic N) is 4. The molecule has 0 aliphatic carbocycles. The summed E-state index contributed by atoms with van der Waals surface area (Å²) in [7, 11) is 1.64. The van der Waals surface area contributed by atoms with Crippen LogP contribution in [-0.4, -0.2) is 46.4 Å². The van der Waals surface area contributed by atoms with Gasteiger partial charge < -0.3 is 18.9 Å². The van der Waals surface area contributed by atoms with Gasteiger partial charge in [-0.05, 0) is 38.5 Å². The zero-order valence-corrected chi connectivity index (χ0v) is 16.8. The topological polar surface area (TPSA) is 61.0 Å². The lowest BCUT2D eigenvalue weighted by atomic mass is 10.1. The zero-order valence-electron chi connectivity index (χ0n) is 16.8. The molecule has 1 aliphatic heterocycles. The molecule has 0 bridgehead atoms. The molecule has 1 fully saturated rings. The van der Waals surface area contributed by atoms with Gasteiger partial charge in [-0.25, -0.2) is 4.98 Å². The molecule has 7 nitrogen and oxygen atoms in total. The van der Waals surface area contributed by atoms with Crippen molar-refractivity contribution in [1.29, 1.82) is 0 Å². The van der Waals surface area contributed by atoms with Gasteiger partial charge in [0.05, 0.1) is 32.1 Å². The van der Waals surface area contributed by atoms with Crippen LogP contribution in [0, 0.1) is 6.92 Å². The van der Waals surface area contributed by atoms with Crippen LogP contribution in [0.3, 0.4) is 0 Å². The predicted molar refractivity (Wildman–Crippen MR) is 109 cm³/mol. The summed E-state index contributed by atoms with van der Waals surface area (Å²) in [5, 5.41) is 0. The van der Waals surface area contributed by atoms with Crippen LogP contribution in [0.1, 0.15) is 25.1 Å². The molecule has 3 heterocycles. The molecule has 1 aliphatic rings. The molecule has 28 heavy (non-hydrogen) atoms. The lowest BCUT2D eigenvalue weighted by Crippen LogP contribution is -2.49.